The first-order valence-corrected chi connectivity index (χ1v) is 7.42. The van der Waals surface area contributed by atoms with E-state index < -0.39 is 0 Å². The third-order valence-corrected chi connectivity index (χ3v) is 4.52. The second-order valence-electron chi connectivity index (χ2n) is 6.07. The summed E-state index contributed by atoms with van der Waals surface area (Å²) in [5.74, 6) is 0. The molecule has 0 unspecified atom stereocenters. The van der Waals surface area contributed by atoms with Crippen LogP contribution in [0.3, 0.4) is 0 Å². The van der Waals surface area contributed by atoms with Crippen molar-refractivity contribution in [3.8, 4) is 0 Å². The van der Waals surface area contributed by atoms with Crippen molar-refractivity contribution in [3.63, 3.8) is 0 Å². The highest BCUT2D eigenvalue weighted by Crippen LogP contribution is 2.34. The fourth-order valence-electron chi connectivity index (χ4n) is 3.37. The van der Waals surface area contributed by atoms with Crippen molar-refractivity contribution >= 4 is 0 Å². The average Bonchev–Trinajstić information content (AvgIpc) is 2.44. The predicted octanol–water partition coefficient (Wildman–Crippen LogP) is 2.16. The van der Waals surface area contributed by atoms with Gasteiger partial charge in [0.05, 0.1) is 12.2 Å². The van der Waals surface area contributed by atoms with Gasteiger partial charge in [0.2, 0.25) is 0 Å². The van der Waals surface area contributed by atoms with Gasteiger partial charge in [-0.1, -0.05) is 30.3 Å². The quantitative estimate of drug-likeness (QED) is 0.885. The van der Waals surface area contributed by atoms with Crippen molar-refractivity contribution < 1.29 is 4.74 Å². The number of ether oxygens (including phenoxy) is 1. The highest BCUT2D eigenvalue weighted by molar-refractivity contribution is 5.14. The molecule has 0 atom stereocenters. The molecule has 0 amide bonds. The van der Waals surface area contributed by atoms with Gasteiger partial charge in [0.25, 0.3) is 0 Å². The fraction of sp³-hybridized carbons (Fsp3) is 0.625. The molecule has 3 nitrogen and oxygen atoms in total. The van der Waals surface area contributed by atoms with Crippen LogP contribution < -0.4 is 5.73 Å². The third-order valence-electron chi connectivity index (χ3n) is 4.52. The van der Waals surface area contributed by atoms with E-state index in [9.17, 15) is 0 Å². The van der Waals surface area contributed by atoms with Crippen LogP contribution in [0, 0.1) is 0 Å². The minimum absolute atomic E-state index is 0.0862. The molecule has 1 aromatic rings. The Kier molecular flexibility index (Phi) is 3.87. The summed E-state index contributed by atoms with van der Waals surface area (Å²) < 4.78 is 6.13. The Morgan fingerprint density at radius 1 is 1.21 bits per heavy atom. The van der Waals surface area contributed by atoms with Crippen LogP contribution >= 0.6 is 0 Å². The summed E-state index contributed by atoms with van der Waals surface area (Å²) in [6.07, 6.45) is 4.47. The number of nitrogens with zero attached hydrogens (tertiary/aromatic N) is 1. The molecular formula is C16H24N2O. The lowest BCUT2D eigenvalue weighted by Gasteiger charge is -2.46. The number of benzene rings is 1. The van der Waals surface area contributed by atoms with E-state index in [0.29, 0.717) is 6.04 Å². The molecule has 2 N–H and O–H groups in total. The van der Waals surface area contributed by atoms with E-state index in [2.05, 4.69) is 35.2 Å². The molecule has 1 aromatic carbocycles. The third kappa shape index (κ3) is 3.16. The van der Waals surface area contributed by atoms with Gasteiger partial charge in [0.15, 0.2) is 0 Å². The first-order chi connectivity index (χ1) is 9.26. The lowest BCUT2D eigenvalue weighted by molar-refractivity contribution is -0.130. The van der Waals surface area contributed by atoms with E-state index in [-0.39, 0.29) is 5.60 Å². The zero-order chi connectivity index (χ0) is 13.1. The average molecular weight is 260 g/mol. The van der Waals surface area contributed by atoms with Gasteiger partial charge in [-0.25, -0.2) is 0 Å². The van der Waals surface area contributed by atoms with E-state index in [1.54, 1.807) is 0 Å². The summed E-state index contributed by atoms with van der Waals surface area (Å²) in [5, 5.41) is 0. The standard InChI is InChI=1S/C16H24N2O/c17-15-6-8-16(9-7-15)13-18(10-11-19-16)12-14-4-2-1-3-5-14/h1-5,15H,6-13,17H2. The van der Waals surface area contributed by atoms with E-state index in [1.165, 1.54) is 5.56 Å². The molecule has 1 saturated heterocycles. The largest absolute Gasteiger partial charge is 0.372 e. The first kappa shape index (κ1) is 13.1. The van der Waals surface area contributed by atoms with Gasteiger partial charge in [-0.2, -0.15) is 0 Å². The highest BCUT2D eigenvalue weighted by atomic mass is 16.5. The normalized spacial score (nSPS) is 32.6. The van der Waals surface area contributed by atoms with Crippen molar-refractivity contribution in [2.24, 2.45) is 5.73 Å². The van der Waals surface area contributed by atoms with Crippen molar-refractivity contribution in [2.45, 2.75) is 43.9 Å². The molecular weight excluding hydrogens is 236 g/mol. The van der Waals surface area contributed by atoms with Gasteiger partial charge >= 0.3 is 0 Å². The zero-order valence-electron chi connectivity index (χ0n) is 11.6. The molecule has 1 saturated carbocycles. The minimum Gasteiger partial charge on any atom is -0.372 e. The Bertz CT molecular complexity index is 398. The van der Waals surface area contributed by atoms with Gasteiger partial charge in [-0.15, -0.1) is 0 Å². The number of nitrogens with two attached hydrogens (primary N) is 1. The second-order valence-corrected chi connectivity index (χ2v) is 6.07. The Hall–Kier alpha value is -0.900. The van der Waals surface area contributed by atoms with Crippen molar-refractivity contribution in [1.29, 1.82) is 0 Å². The number of rotatable bonds is 2. The zero-order valence-corrected chi connectivity index (χ0v) is 11.6. The van der Waals surface area contributed by atoms with Crippen molar-refractivity contribution in [1.82, 2.24) is 4.90 Å². The van der Waals surface area contributed by atoms with Gasteiger partial charge in [-0.3, -0.25) is 4.90 Å². The summed E-state index contributed by atoms with van der Waals surface area (Å²) in [6.45, 7) is 4.01. The Morgan fingerprint density at radius 3 is 2.68 bits per heavy atom. The molecule has 0 radical (unpaired) electrons. The van der Waals surface area contributed by atoms with Crippen molar-refractivity contribution in [2.75, 3.05) is 19.7 Å². The molecule has 104 valence electrons. The van der Waals surface area contributed by atoms with Crippen LogP contribution in [0.1, 0.15) is 31.2 Å². The predicted molar refractivity (Wildman–Crippen MR) is 76.8 cm³/mol. The molecule has 0 bridgehead atoms. The topological polar surface area (TPSA) is 38.5 Å². The van der Waals surface area contributed by atoms with E-state index in [0.717, 1.165) is 51.9 Å². The Balaban J connectivity index is 1.62. The summed E-state index contributed by atoms with van der Waals surface area (Å²) in [6, 6.07) is 11.1. The summed E-state index contributed by atoms with van der Waals surface area (Å²) in [5.41, 5.74) is 7.50. The maximum absolute atomic E-state index is 6.13. The summed E-state index contributed by atoms with van der Waals surface area (Å²) in [4.78, 5) is 2.54. The van der Waals surface area contributed by atoms with Gasteiger partial charge in [0.1, 0.15) is 0 Å². The number of hydrogen-bond donors (Lipinski definition) is 1. The molecule has 1 spiro atoms. The van der Waals surface area contributed by atoms with Crippen molar-refractivity contribution in [3.05, 3.63) is 35.9 Å². The molecule has 2 fully saturated rings. The van der Waals surface area contributed by atoms with Crippen LogP contribution in [0.5, 0.6) is 0 Å². The summed E-state index contributed by atoms with van der Waals surface area (Å²) >= 11 is 0. The molecule has 19 heavy (non-hydrogen) atoms. The smallest absolute Gasteiger partial charge is 0.0810 e. The van der Waals surface area contributed by atoms with Gasteiger partial charge < -0.3 is 10.5 Å². The lowest BCUT2D eigenvalue weighted by Crippen LogP contribution is -2.54. The van der Waals surface area contributed by atoms with Crippen LogP contribution in [0.15, 0.2) is 30.3 Å². The molecule has 3 heteroatoms. The second kappa shape index (κ2) is 5.61. The number of morpholine rings is 1. The number of hydrogen-bond acceptors (Lipinski definition) is 3. The fourth-order valence-corrected chi connectivity index (χ4v) is 3.37. The van der Waals surface area contributed by atoms with E-state index >= 15 is 0 Å². The highest BCUT2D eigenvalue weighted by Gasteiger charge is 2.39. The molecule has 2 aliphatic rings. The monoisotopic (exact) mass is 260 g/mol. The first-order valence-electron chi connectivity index (χ1n) is 7.42. The van der Waals surface area contributed by atoms with Crippen LogP contribution in [-0.2, 0) is 11.3 Å². The van der Waals surface area contributed by atoms with Gasteiger partial charge in [-0.05, 0) is 31.2 Å². The van der Waals surface area contributed by atoms with Gasteiger partial charge in [0, 0.05) is 25.7 Å². The Labute approximate surface area is 115 Å². The van der Waals surface area contributed by atoms with Crippen LogP contribution in [0.25, 0.3) is 0 Å². The molecule has 3 rings (SSSR count). The Morgan fingerprint density at radius 2 is 1.95 bits per heavy atom. The molecule has 1 aliphatic heterocycles. The van der Waals surface area contributed by atoms with E-state index in [4.69, 9.17) is 10.5 Å². The summed E-state index contributed by atoms with van der Waals surface area (Å²) in [7, 11) is 0. The maximum Gasteiger partial charge on any atom is 0.0810 e. The van der Waals surface area contributed by atoms with Crippen LogP contribution in [0.4, 0.5) is 0 Å². The molecule has 0 aromatic heterocycles. The molecule has 1 aliphatic carbocycles. The van der Waals surface area contributed by atoms with Crippen LogP contribution in [-0.4, -0.2) is 36.2 Å². The minimum atomic E-state index is 0.0862. The molecule has 1 heterocycles. The SMILES string of the molecule is NC1CCC2(CC1)CN(Cc1ccccc1)CCO2. The lowest BCUT2D eigenvalue weighted by atomic mass is 9.81. The van der Waals surface area contributed by atoms with E-state index in [1.807, 2.05) is 0 Å². The maximum atomic E-state index is 6.13. The van der Waals surface area contributed by atoms with Crippen LogP contribution in [0.2, 0.25) is 0 Å².